The summed E-state index contributed by atoms with van der Waals surface area (Å²) in [6.07, 6.45) is -2.99. The normalized spacial score (nSPS) is 12.0. The molecule has 2 rings (SSSR count). The number of hydrogen-bond donors (Lipinski definition) is 1. The lowest BCUT2D eigenvalue weighted by Gasteiger charge is -2.15. The van der Waals surface area contributed by atoms with Crippen molar-refractivity contribution in [2.24, 2.45) is 5.73 Å². The van der Waals surface area contributed by atoms with Crippen LogP contribution in [0.4, 0.5) is 30.7 Å². The number of benzene rings is 2. The molecule has 0 spiro atoms. The Morgan fingerprint density at radius 3 is 2.19 bits per heavy atom. The van der Waals surface area contributed by atoms with Crippen LogP contribution in [0.25, 0.3) is 6.08 Å². The smallest absolute Gasteiger partial charge is 0.399 e. The number of rotatable bonds is 4. The summed E-state index contributed by atoms with van der Waals surface area (Å²) < 4.78 is 93.1. The molecular weight excluding hydrogens is 363 g/mol. The second-order valence-corrected chi connectivity index (χ2v) is 5.46. The van der Waals surface area contributed by atoms with E-state index in [1.807, 2.05) is 0 Å². The lowest BCUT2D eigenvalue weighted by Crippen LogP contribution is -2.11. The molecular formula is C18H12F7N. The molecule has 0 heterocycles. The zero-order chi connectivity index (χ0) is 19.6. The van der Waals surface area contributed by atoms with Crippen molar-refractivity contribution >= 4 is 6.08 Å². The van der Waals surface area contributed by atoms with E-state index in [2.05, 4.69) is 6.58 Å². The predicted molar refractivity (Wildman–Crippen MR) is 82.9 cm³/mol. The van der Waals surface area contributed by atoms with Crippen molar-refractivity contribution in [3.8, 4) is 0 Å². The van der Waals surface area contributed by atoms with Gasteiger partial charge in [-0.25, -0.2) is 17.6 Å². The van der Waals surface area contributed by atoms with Crippen LogP contribution < -0.4 is 5.73 Å². The Bertz CT molecular complexity index is 882. The zero-order valence-corrected chi connectivity index (χ0v) is 13.1. The van der Waals surface area contributed by atoms with E-state index in [4.69, 9.17) is 5.73 Å². The topological polar surface area (TPSA) is 26.0 Å². The van der Waals surface area contributed by atoms with Crippen LogP contribution in [0.5, 0.6) is 0 Å². The molecule has 0 amide bonds. The summed E-state index contributed by atoms with van der Waals surface area (Å²) in [4.78, 5) is 0. The van der Waals surface area contributed by atoms with E-state index in [0.717, 1.165) is 12.1 Å². The number of halogens is 7. The molecule has 0 saturated heterocycles. The highest BCUT2D eigenvalue weighted by atomic mass is 19.4. The van der Waals surface area contributed by atoms with Crippen LogP contribution in [0.2, 0.25) is 0 Å². The van der Waals surface area contributed by atoms with Crippen molar-refractivity contribution < 1.29 is 30.7 Å². The molecule has 2 N–H and O–H groups in total. The summed E-state index contributed by atoms with van der Waals surface area (Å²) in [5.74, 6) is -7.52. The van der Waals surface area contributed by atoms with Crippen LogP contribution in [-0.2, 0) is 12.6 Å². The second-order valence-electron chi connectivity index (χ2n) is 5.46. The maximum atomic E-state index is 13.7. The molecule has 0 fully saturated rings. The first-order chi connectivity index (χ1) is 12.0. The highest BCUT2D eigenvalue weighted by molar-refractivity contribution is 5.55. The van der Waals surface area contributed by atoms with E-state index in [1.54, 1.807) is 0 Å². The first-order valence-corrected chi connectivity index (χ1v) is 7.15. The molecule has 0 aliphatic heterocycles. The van der Waals surface area contributed by atoms with Gasteiger partial charge in [0.2, 0.25) is 0 Å². The molecule has 2 aromatic carbocycles. The van der Waals surface area contributed by atoms with Gasteiger partial charge in [-0.1, -0.05) is 24.8 Å². The minimum Gasteiger partial charge on any atom is -0.399 e. The lowest BCUT2D eigenvalue weighted by molar-refractivity contribution is -0.138. The Morgan fingerprint density at radius 2 is 1.62 bits per heavy atom. The molecule has 138 valence electrons. The third-order valence-corrected chi connectivity index (χ3v) is 3.49. The SMILES string of the molecule is C=C(N)/C=C/c1ccc(Cc2cc(F)c(F)c(F)c2F)c(C(F)(F)F)c1. The van der Waals surface area contributed by atoms with Gasteiger partial charge in [0.05, 0.1) is 5.56 Å². The van der Waals surface area contributed by atoms with Gasteiger partial charge in [-0.05, 0) is 34.9 Å². The van der Waals surface area contributed by atoms with Crippen molar-refractivity contribution in [3.05, 3.63) is 88.1 Å². The van der Waals surface area contributed by atoms with Gasteiger partial charge in [0, 0.05) is 12.1 Å². The van der Waals surface area contributed by atoms with Gasteiger partial charge in [-0.2, -0.15) is 13.2 Å². The van der Waals surface area contributed by atoms with E-state index in [9.17, 15) is 30.7 Å². The molecule has 26 heavy (non-hydrogen) atoms. The fourth-order valence-corrected chi connectivity index (χ4v) is 2.27. The molecule has 0 bridgehead atoms. The van der Waals surface area contributed by atoms with Crippen molar-refractivity contribution in [3.63, 3.8) is 0 Å². The Hall–Kier alpha value is -2.77. The maximum absolute atomic E-state index is 13.7. The van der Waals surface area contributed by atoms with Gasteiger partial charge in [0.1, 0.15) is 0 Å². The molecule has 2 aromatic rings. The van der Waals surface area contributed by atoms with E-state index in [-0.39, 0.29) is 11.3 Å². The van der Waals surface area contributed by atoms with Crippen LogP contribution in [0, 0.1) is 23.3 Å². The third-order valence-electron chi connectivity index (χ3n) is 3.49. The minimum atomic E-state index is -4.80. The average Bonchev–Trinajstić information content (AvgIpc) is 2.55. The molecule has 0 unspecified atom stereocenters. The molecule has 1 nitrogen and oxygen atoms in total. The molecule has 0 aliphatic carbocycles. The number of alkyl halides is 3. The first-order valence-electron chi connectivity index (χ1n) is 7.15. The minimum absolute atomic E-state index is 0.127. The van der Waals surface area contributed by atoms with E-state index in [0.29, 0.717) is 6.07 Å². The summed E-state index contributed by atoms with van der Waals surface area (Å²) in [7, 11) is 0. The van der Waals surface area contributed by atoms with Crippen molar-refractivity contribution in [1.82, 2.24) is 0 Å². The van der Waals surface area contributed by atoms with Crippen molar-refractivity contribution in [2.75, 3.05) is 0 Å². The first kappa shape index (κ1) is 19.6. The van der Waals surface area contributed by atoms with Gasteiger partial charge in [0.15, 0.2) is 23.3 Å². The largest absolute Gasteiger partial charge is 0.416 e. The molecule has 0 radical (unpaired) electrons. The fraction of sp³-hybridized carbons (Fsp3) is 0.111. The Labute approximate surface area is 144 Å². The van der Waals surface area contributed by atoms with E-state index < -0.39 is 52.6 Å². The molecule has 0 aliphatic rings. The maximum Gasteiger partial charge on any atom is 0.416 e. The monoisotopic (exact) mass is 375 g/mol. The van der Waals surface area contributed by atoms with Crippen molar-refractivity contribution in [1.29, 1.82) is 0 Å². The van der Waals surface area contributed by atoms with Gasteiger partial charge in [-0.3, -0.25) is 0 Å². The Kier molecular flexibility index (Phi) is 5.44. The van der Waals surface area contributed by atoms with Gasteiger partial charge >= 0.3 is 6.18 Å². The average molecular weight is 375 g/mol. The number of hydrogen-bond acceptors (Lipinski definition) is 1. The van der Waals surface area contributed by atoms with Gasteiger partial charge in [-0.15, -0.1) is 0 Å². The number of allylic oxidation sites excluding steroid dienone is 1. The summed E-state index contributed by atoms with van der Waals surface area (Å²) in [6, 6.07) is 3.45. The van der Waals surface area contributed by atoms with Crippen LogP contribution in [-0.4, -0.2) is 0 Å². The summed E-state index contributed by atoms with van der Waals surface area (Å²) in [5.41, 5.74) is 3.30. The van der Waals surface area contributed by atoms with Crippen LogP contribution >= 0.6 is 0 Å². The summed E-state index contributed by atoms with van der Waals surface area (Å²) in [5, 5.41) is 0. The quantitative estimate of drug-likeness (QED) is 0.332. The van der Waals surface area contributed by atoms with Gasteiger partial charge < -0.3 is 5.73 Å². The standard InChI is InChI=1S/C18H12F7N/c1-9(26)2-3-10-4-5-11(13(6-10)18(23,24)25)7-12-8-14(19)16(21)17(22)15(12)20/h2-6,8H,1,7,26H2/b3-2+. The van der Waals surface area contributed by atoms with Crippen LogP contribution in [0.1, 0.15) is 22.3 Å². The van der Waals surface area contributed by atoms with Crippen molar-refractivity contribution in [2.45, 2.75) is 12.6 Å². The zero-order valence-electron chi connectivity index (χ0n) is 13.1. The number of nitrogens with two attached hydrogens (primary N) is 1. The molecule has 0 saturated carbocycles. The highest BCUT2D eigenvalue weighted by Gasteiger charge is 2.34. The fourth-order valence-electron chi connectivity index (χ4n) is 2.27. The van der Waals surface area contributed by atoms with E-state index in [1.165, 1.54) is 18.2 Å². The van der Waals surface area contributed by atoms with Crippen LogP contribution in [0.3, 0.4) is 0 Å². The second kappa shape index (κ2) is 7.23. The Balaban J connectivity index is 2.52. The molecule has 0 atom stereocenters. The third kappa shape index (κ3) is 4.25. The van der Waals surface area contributed by atoms with Crippen LogP contribution in [0.15, 0.2) is 42.6 Å². The molecule has 0 aromatic heterocycles. The summed E-state index contributed by atoms with van der Waals surface area (Å²) in [6.45, 7) is 3.37. The summed E-state index contributed by atoms with van der Waals surface area (Å²) >= 11 is 0. The Morgan fingerprint density at radius 1 is 0.962 bits per heavy atom. The highest BCUT2D eigenvalue weighted by Crippen LogP contribution is 2.34. The predicted octanol–water partition coefficient (Wildman–Crippen LogP) is 5.34. The van der Waals surface area contributed by atoms with Gasteiger partial charge in [0.25, 0.3) is 0 Å². The lowest BCUT2D eigenvalue weighted by atomic mass is 9.96. The molecule has 8 heteroatoms. The van der Waals surface area contributed by atoms with E-state index >= 15 is 0 Å².